The van der Waals surface area contributed by atoms with Crippen LogP contribution in [0.1, 0.15) is 12.5 Å². The fourth-order valence-corrected chi connectivity index (χ4v) is 2.17. The van der Waals surface area contributed by atoms with Crippen molar-refractivity contribution < 1.29 is 14.3 Å². The van der Waals surface area contributed by atoms with E-state index < -0.39 is 0 Å². The maximum absolute atomic E-state index is 12.7. The Morgan fingerprint density at radius 2 is 2.11 bits per heavy atom. The minimum atomic E-state index is -0.279. The van der Waals surface area contributed by atoms with Crippen LogP contribution in [0.5, 0.6) is 0 Å². The van der Waals surface area contributed by atoms with Crippen LogP contribution in [0.15, 0.2) is 24.3 Å². The number of benzene rings is 1. The predicted molar refractivity (Wildman–Crippen MR) is 71.8 cm³/mol. The van der Waals surface area contributed by atoms with Gasteiger partial charge in [-0.05, 0) is 29.4 Å². The van der Waals surface area contributed by atoms with Crippen LogP contribution in [0.25, 0.3) is 0 Å². The average molecular weight is 271 g/mol. The Morgan fingerprint density at radius 3 is 2.72 bits per heavy atom. The maximum Gasteiger partial charge on any atom is 0.230 e. The largest absolute Gasteiger partial charge is 0.396 e. The van der Waals surface area contributed by atoms with Gasteiger partial charge in [-0.25, -0.2) is 4.39 Å². The van der Waals surface area contributed by atoms with Gasteiger partial charge in [-0.2, -0.15) is 11.8 Å². The predicted octanol–water partition coefficient (Wildman–Crippen LogP) is 1.80. The van der Waals surface area contributed by atoms with Crippen LogP contribution in [0.3, 0.4) is 0 Å². The first-order chi connectivity index (χ1) is 8.61. The third-order valence-corrected chi connectivity index (χ3v) is 3.62. The zero-order valence-corrected chi connectivity index (χ0v) is 11.2. The highest BCUT2D eigenvalue weighted by Crippen LogP contribution is 2.07. The van der Waals surface area contributed by atoms with E-state index >= 15 is 0 Å². The van der Waals surface area contributed by atoms with Gasteiger partial charge < -0.3 is 10.4 Å². The second-order valence-electron chi connectivity index (χ2n) is 4.21. The van der Waals surface area contributed by atoms with Crippen molar-refractivity contribution in [3.63, 3.8) is 0 Å². The normalized spacial score (nSPS) is 12.2. The van der Waals surface area contributed by atoms with Crippen molar-refractivity contribution in [2.75, 3.05) is 18.1 Å². The van der Waals surface area contributed by atoms with Crippen LogP contribution in [0.4, 0.5) is 4.39 Å². The second kappa shape index (κ2) is 8.11. The van der Waals surface area contributed by atoms with E-state index in [0.717, 1.165) is 11.3 Å². The zero-order valence-electron chi connectivity index (χ0n) is 10.4. The van der Waals surface area contributed by atoms with Crippen LogP contribution < -0.4 is 5.32 Å². The Bertz CT molecular complexity index is 370. The summed E-state index contributed by atoms with van der Waals surface area (Å²) in [7, 11) is 0. The molecule has 0 saturated carbocycles. The molecule has 0 spiro atoms. The Morgan fingerprint density at radius 1 is 1.44 bits per heavy atom. The summed E-state index contributed by atoms with van der Waals surface area (Å²) in [6.45, 7) is 2.49. The summed E-state index contributed by atoms with van der Waals surface area (Å²) in [4.78, 5) is 11.5. The van der Waals surface area contributed by atoms with Gasteiger partial charge in [0, 0.05) is 13.2 Å². The van der Waals surface area contributed by atoms with Gasteiger partial charge in [-0.3, -0.25) is 4.79 Å². The molecule has 100 valence electrons. The standard InChI is InChI=1S/C13H18FNO2S/c1-10(7-16)8-18-9-13(17)15-6-11-2-4-12(14)5-3-11/h2-5,10,16H,6-9H2,1H3,(H,15,17). The van der Waals surface area contributed by atoms with Gasteiger partial charge in [0.15, 0.2) is 0 Å². The summed E-state index contributed by atoms with van der Waals surface area (Å²) in [5, 5.41) is 11.6. The molecule has 0 heterocycles. The molecule has 1 atom stereocenters. The van der Waals surface area contributed by atoms with E-state index in [1.54, 1.807) is 12.1 Å². The van der Waals surface area contributed by atoms with E-state index in [1.165, 1.54) is 23.9 Å². The molecule has 0 bridgehead atoms. The molecule has 18 heavy (non-hydrogen) atoms. The minimum absolute atomic E-state index is 0.0468. The van der Waals surface area contributed by atoms with E-state index in [0.29, 0.717) is 12.3 Å². The number of halogens is 1. The van der Waals surface area contributed by atoms with Crippen molar-refractivity contribution >= 4 is 17.7 Å². The lowest BCUT2D eigenvalue weighted by molar-refractivity contribution is -0.118. The van der Waals surface area contributed by atoms with Crippen LogP contribution in [0.2, 0.25) is 0 Å². The lowest BCUT2D eigenvalue weighted by atomic mass is 10.2. The Kier molecular flexibility index (Phi) is 6.75. The number of amides is 1. The van der Waals surface area contributed by atoms with Gasteiger partial charge in [-0.15, -0.1) is 0 Å². The highest BCUT2D eigenvalue weighted by Gasteiger charge is 2.04. The van der Waals surface area contributed by atoms with Crippen LogP contribution >= 0.6 is 11.8 Å². The van der Waals surface area contributed by atoms with Gasteiger partial charge in [-0.1, -0.05) is 19.1 Å². The van der Waals surface area contributed by atoms with E-state index in [2.05, 4.69) is 5.32 Å². The maximum atomic E-state index is 12.7. The molecule has 0 saturated heterocycles. The third kappa shape index (κ3) is 6.02. The number of hydrogen-bond acceptors (Lipinski definition) is 3. The molecule has 0 aliphatic heterocycles. The first-order valence-electron chi connectivity index (χ1n) is 5.81. The van der Waals surface area contributed by atoms with Gasteiger partial charge >= 0.3 is 0 Å². The Hall–Kier alpha value is -1.07. The Labute approximate surface area is 111 Å². The number of aliphatic hydroxyl groups excluding tert-OH is 1. The molecular weight excluding hydrogens is 253 g/mol. The molecule has 1 unspecified atom stereocenters. The zero-order chi connectivity index (χ0) is 13.4. The quantitative estimate of drug-likeness (QED) is 0.795. The monoisotopic (exact) mass is 271 g/mol. The number of thioether (sulfide) groups is 1. The average Bonchev–Trinajstić information content (AvgIpc) is 2.38. The molecule has 5 heteroatoms. The van der Waals surface area contributed by atoms with Crippen molar-refractivity contribution in [1.82, 2.24) is 5.32 Å². The molecule has 0 fully saturated rings. The number of rotatable bonds is 7. The lowest BCUT2D eigenvalue weighted by Gasteiger charge is -2.08. The van der Waals surface area contributed by atoms with Crippen molar-refractivity contribution in [2.45, 2.75) is 13.5 Å². The summed E-state index contributed by atoms with van der Waals surface area (Å²) in [5.74, 6) is 1.03. The van der Waals surface area contributed by atoms with Gasteiger partial charge in [0.1, 0.15) is 5.82 Å². The molecule has 1 aromatic carbocycles. The number of carbonyl (C=O) groups is 1. The van der Waals surface area contributed by atoms with Gasteiger partial charge in [0.05, 0.1) is 5.75 Å². The summed E-state index contributed by atoms with van der Waals surface area (Å²) in [6.07, 6.45) is 0. The highest BCUT2D eigenvalue weighted by atomic mass is 32.2. The molecule has 0 radical (unpaired) electrons. The van der Waals surface area contributed by atoms with Crippen LogP contribution in [-0.2, 0) is 11.3 Å². The highest BCUT2D eigenvalue weighted by molar-refractivity contribution is 7.99. The molecular formula is C13H18FNO2S. The molecule has 1 aromatic rings. The van der Waals surface area contributed by atoms with E-state index in [-0.39, 0.29) is 24.2 Å². The van der Waals surface area contributed by atoms with Crippen molar-refractivity contribution in [1.29, 1.82) is 0 Å². The number of aliphatic hydroxyl groups is 1. The van der Waals surface area contributed by atoms with Gasteiger partial charge in [0.25, 0.3) is 0 Å². The smallest absolute Gasteiger partial charge is 0.230 e. The van der Waals surface area contributed by atoms with E-state index in [1.807, 2.05) is 6.92 Å². The second-order valence-corrected chi connectivity index (χ2v) is 5.24. The number of carbonyl (C=O) groups excluding carboxylic acids is 1. The Balaban J connectivity index is 2.19. The first-order valence-corrected chi connectivity index (χ1v) is 6.97. The fourth-order valence-electron chi connectivity index (χ4n) is 1.26. The molecule has 1 amide bonds. The van der Waals surface area contributed by atoms with Crippen molar-refractivity contribution in [2.24, 2.45) is 5.92 Å². The van der Waals surface area contributed by atoms with Crippen molar-refractivity contribution in [3.8, 4) is 0 Å². The SMILES string of the molecule is CC(CO)CSCC(=O)NCc1ccc(F)cc1. The molecule has 0 aliphatic carbocycles. The van der Waals surface area contributed by atoms with Crippen molar-refractivity contribution in [3.05, 3.63) is 35.6 Å². The minimum Gasteiger partial charge on any atom is -0.396 e. The third-order valence-electron chi connectivity index (χ3n) is 2.35. The molecule has 2 N–H and O–H groups in total. The summed E-state index contributed by atoms with van der Waals surface area (Å²) in [6, 6.07) is 6.05. The molecule has 0 aromatic heterocycles. The summed E-state index contributed by atoms with van der Waals surface area (Å²) in [5.41, 5.74) is 0.874. The summed E-state index contributed by atoms with van der Waals surface area (Å²) < 4.78 is 12.7. The van der Waals surface area contributed by atoms with Crippen LogP contribution in [0, 0.1) is 11.7 Å². The molecule has 3 nitrogen and oxygen atoms in total. The summed E-state index contributed by atoms with van der Waals surface area (Å²) >= 11 is 1.50. The van der Waals surface area contributed by atoms with Crippen LogP contribution in [-0.4, -0.2) is 29.1 Å². The van der Waals surface area contributed by atoms with E-state index in [9.17, 15) is 9.18 Å². The topological polar surface area (TPSA) is 49.3 Å². The number of hydrogen-bond donors (Lipinski definition) is 2. The molecule has 0 aliphatic rings. The lowest BCUT2D eigenvalue weighted by Crippen LogP contribution is -2.25. The van der Waals surface area contributed by atoms with E-state index in [4.69, 9.17) is 5.11 Å². The number of nitrogens with one attached hydrogen (secondary N) is 1. The molecule has 1 rings (SSSR count). The fraction of sp³-hybridized carbons (Fsp3) is 0.462. The first kappa shape index (κ1) is 15.0. The van der Waals surface area contributed by atoms with Gasteiger partial charge in [0.2, 0.25) is 5.91 Å².